The highest BCUT2D eigenvalue weighted by Crippen LogP contribution is 2.39. The minimum Gasteiger partial charge on any atom is -0.494 e. The molecule has 3 fully saturated rings. The van der Waals surface area contributed by atoms with Gasteiger partial charge in [-0.05, 0) is 99.0 Å². The summed E-state index contributed by atoms with van der Waals surface area (Å²) < 4.78 is 5.93. The van der Waals surface area contributed by atoms with Crippen molar-refractivity contribution in [3.8, 4) is 16.9 Å². The number of hydrogen-bond donors (Lipinski definition) is 2. The molecule has 3 aliphatic rings. The van der Waals surface area contributed by atoms with Crippen LogP contribution in [-0.4, -0.2) is 54.9 Å². The molecule has 0 aliphatic carbocycles. The van der Waals surface area contributed by atoms with Gasteiger partial charge in [-0.25, -0.2) is 4.79 Å². The number of carboxylic acid groups (broad SMARTS) is 1. The number of anilines is 1. The van der Waals surface area contributed by atoms with Gasteiger partial charge in [-0.2, -0.15) is 0 Å². The van der Waals surface area contributed by atoms with Crippen LogP contribution in [0.2, 0.25) is 0 Å². The van der Waals surface area contributed by atoms with E-state index in [-0.39, 0.29) is 6.04 Å². The first-order valence-corrected chi connectivity index (χ1v) is 14.0. The van der Waals surface area contributed by atoms with E-state index in [4.69, 9.17) is 10.5 Å². The van der Waals surface area contributed by atoms with Crippen LogP contribution in [0.15, 0.2) is 72.8 Å². The third-order valence-corrected chi connectivity index (χ3v) is 8.05. The fourth-order valence-corrected chi connectivity index (χ4v) is 5.98. The molecule has 38 heavy (non-hydrogen) atoms. The number of nitrogens with two attached hydrogens (primary N) is 1. The topological polar surface area (TPSA) is 79.0 Å². The average molecular weight is 514 g/mol. The molecule has 3 aromatic rings. The van der Waals surface area contributed by atoms with Gasteiger partial charge in [0.05, 0.1) is 18.3 Å². The lowest BCUT2D eigenvalue weighted by Gasteiger charge is -2.48. The van der Waals surface area contributed by atoms with Crippen LogP contribution in [0.25, 0.3) is 11.1 Å². The molecule has 0 aromatic heterocycles. The molecule has 1 unspecified atom stereocenters. The number of fused-ring (bicyclic) bond motifs is 3. The largest absolute Gasteiger partial charge is 0.494 e. The van der Waals surface area contributed by atoms with Crippen molar-refractivity contribution in [3.63, 3.8) is 0 Å². The van der Waals surface area contributed by atoms with Crippen molar-refractivity contribution < 1.29 is 14.6 Å². The molecule has 3 saturated heterocycles. The van der Waals surface area contributed by atoms with Crippen LogP contribution in [0.3, 0.4) is 0 Å². The molecular weight excluding hydrogens is 474 g/mol. The van der Waals surface area contributed by atoms with Crippen molar-refractivity contribution in [1.29, 1.82) is 0 Å². The van der Waals surface area contributed by atoms with Crippen LogP contribution in [0.1, 0.15) is 36.8 Å². The van der Waals surface area contributed by atoms with Gasteiger partial charge in [0.1, 0.15) is 5.75 Å². The van der Waals surface area contributed by atoms with Gasteiger partial charge in [0.2, 0.25) is 0 Å². The van der Waals surface area contributed by atoms with E-state index in [1.54, 1.807) is 4.90 Å². The molecule has 0 spiro atoms. The highest BCUT2D eigenvalue weighted by atomic mass is 16.5. The van der Waals surface area contributed by atoms with Gasteiger partial charge in [0.15, 0.2) is 0 Å². The maximum Gasteiger partial charge on any atom is 0.412 e. The SMILES string of the molecule is NCCc1ccc(OCCCCc2ccc(-c3ccccc3)c(N(C(=O)O)C3CN4CCC3CC4)c2)cc1. The molecular formula is C32H39N3O3. The number of benzene rings is 3. The Hall–Kier alpha value is -3.35. The van der Waals surface area contributed by atoms with Crippen molar-refractivity contribution in [2.45, 2.75) is 44.6 Å². The number of rotatable bonds is 11. The Morgan fingerprint density at radius 2 is 1.68 bits per heavy atom. The first-order chi connectivity index (χ1) is 18.6. The fourth-order valence-electron chi connectivity index (χ4n) is 5.98. The van der Waals surface area contributed by atoms with Crippen LogP contribution in [-0.2, 0) is 12.8 Å². The molecule has 0 saturated carbocycles. The monoisotopic (exact) mass is 513 g/mol. The molecule has 3 aliphatic heterocycles. The molecule has 6 nitrogen and oxygen atoms in total. The van der Waals surface area contributed by atoms with Crippen molar-refractivity contribution >= 4 is 11.8 Å². The van der Waals surface area contributed by atoms with Crippen LogP contribution in [0, 0.1) is 5.92 Å². The number of unbranched alkanes of at least 4 members (excludes halogenated alkanes) is 1. The predicted octanol–water partition coefficient (Wildman–Crippen LogP) is 5.84. The van der Waals surface area contributed by atoms with Gasteiger partial charge in [0, 0.05) is 12.1 Å². The summed E-state index contributed by atoms with van der Waals surface area (Å²) >= 11 is 0. The van der Waals surface area contributed by atoms with Gasteiger partial charge in [-0.15, -0.1) is 0 Å². The van der Waals surface area contributed by atoms with Crippen molar-refractivity contribution in [3.05, 3.63) is 83.9 Å². The Morgan fingerprint density at radius 3 is 2.34 bits per heavy atom. The molecule has 6 heteroatoms. The Morgan fingerprint density at radius 1 is 0.947 bits per heavy atom. The molecule has 0 radical (unpaired) electrons. The van der Waals surface area contributed by atoms with Crippen molar-refractivity contribution in [2.75, 3.05) is 37.7 Å². The number of carbonyl (C=O) groups is 1. The third-order valence-electron chi connectivity index (χ3n) is 8.05. The van der Waals surface area contributed by atoms with E-state index in [1.807, 2.05) is 30.3 Å². The number of hydrogen-bond acceptors (Lipinski definition) is 4. The van der Waals surface area contributed by atoms with Crippen LogP contribution < -0.4 is 15.4 Å². The second-order valence-corrected chi connectivity index (χ2v) is 10.6. The van der Waals surface area contributed by atoms with Gasteiger partial charge in [-0.1, -0.05) is 54.6 Å². The van der Waals surface area contributed by atoms with Crippen molar-refractivity contribution in [2.24, 2.45) is 11.7 Å². The summed E-state index contributed by atoms with van der Waals surface area (Å²) in [7, 11) is 0. The van der Waals surface area contributed by atoms with E-state index < -0.39 is 6.09 Å². The average Bonchev–Trinajstić information content (AvgIpc) is 2.95. The van der Waals surface area contributed by atoms with Gasteiger partial charge < -0.3 is 20.5 Å². The number of piperidine rings is 3. The lowest BCUT2D eigenvalue weighted by Crippen LogP contribution is -2.59. The second-order valence-electron chi connectivity index (χ2n) is 10.6. The highest BCUT2D eigenvalue weighted by Gasteiger charge is 2.40. The Labute approximate surface area is 226 Å². The molecule has 6 rings (SSSR count). The normalized spacial score (nSPS) is 20.3. The zero-order chi connectivity index (χ0) is 26.3. The summed E-state index contributed by atoms with van der Waals surface area (Å²) in [5.41, 5.74) is 10.9. The fraction of sp³-hybridized carbons (Fsp3) is 0.406. The zero-order valence-corrected chi connectivity index (χ0v) is 22.1. The summed E-state index contributed by atoms with van der Waals surface area (Å²) in [6.45, 7) is 4.30. The maximum atomic E-state index is 12.7. The smallest absolute Gasteiger partial charge is 0.412 e. The quantitative estimate of drug-likeness (QED) is 0.315. The molecule has 1 atom stereocenters. The molecule has 3 aromatic carbocycles. The van der Waals surface area contributed by atoms with E-state index in [1.165, 1.54) is 11.1 Å². The lowest BCUT2D eigenvalue weighted by molar-refractivity contribution is 0.0838. The Balaban J connectivity index is 1.29. The lowest BCUT2D eigenvalue weighted by atomic mass is 9.82. The first kappa shape index (κ1) is 26.3. The first-order valence-electron chi connectivity index (χ1n) is 14.0. The van der Waals surface area contributed by atoms with Gasteiger partial charge in [0.25, 0.3) is 0 Å². The Kier molecular flexibility index (Phi) is 8.61. The number of amides is 1. The zero-order valence-electron chi connectivity index (χ0n) is 22.1. The van der Waals surface area contributed by atoms with E-state index in [0.29, 0.717) is 19.1 Å². The van der Waals surface area contributed by atoms with Gasteiger partial charge in [-0.3, -0.25) is 4.90 Å². The molecule has 3 N–H and O–H groups in total. The summed E-state index contributed by atoms with van der Waals surface area (Å²) in [5, 5.41) is 10.5. The maximum absolute atomic E-state index is 12.7. The minimum absolute atomic E-state index is 0.00245. The highest BCUT2D eigenvalue weighted by molar-refractivity contribution is 5.94. The molecule has 3 heterocycles. The summed E-state index contributed by atoms with van der Waals surface area (Å²) in [6.07, 6.45) is 4.96. The third kappa shape index (κ3) is 6.20. The summed E-state index contributed by atoms with van der Waals surface area (Å²) in [4.78, 5) is 16.8. The number of nitrogens with zero attached hydrogens (tertiary/aromatic N) is 2. The van der Waals surface area contributed by atoms with E-state index in [0.717, 1.165) is 80.7 Å². The van der Waals surface area contributed by atoms with Crippen LogP contribution in [0.5, 0.6) is 5.75 Å². The van der Waals surface area contributed by atoms with Gasteiger partial charge >= 0.3 is 6.09 Å². The standard InChI is InChI=1S/C32H39N3O3/c33-18-15-24-9-12-28(13-10-24)38-21-5-4-6-25-11-14-29(26-7-2-1-3-8-26)30(22-25)35(32(36)37)31-23-34-19-16-27(31)17-20-34/h1-3,7-14,22,27,31H,4-6,15-21,23,33H2,(H,36,37). The van der Waals surface area contributed by atoms with E-state index in [9.17, 15) is 9.90 Å². The number of ether oxygens (including phenoxy) is 1. The number of aryl methyl sites for hydroxylation is 1. The van der Waals surface area contributed by atoms with Crippen LogP contribution >= 0.6 is 0 Å². The predicted molar refractivity (Wildman–Crippen MR) is 153 cm³/mol. The van der Waals surface area contributed by atoms with E-state index >= 15 is 0 Å². The van der Waals surface area contributed by atoms with Crippen LogP contribution in [0.4, 0.5) is 10.5 Å². The molecule has 1 amide bonds. The minimum atomic E-state index is -0.857. The summed E-state index contributed by atoms with van der Waals surface area (Å²) in [5.74, 6) is 1.31. The second kappa shape index (κ2) is 12.5. The Bertz CT molecular complexity index is 1190. The summed E-state index contributed by atoms with van der Waals surface area (Å²) in [6, 6.07) is 24.7. The molecule has 2 bridgehead atoms. The molecule has 200 valence electrons. The van der Waals surface area contributed by atoms with Crippen molar-refractivity contribution in [1.82, 2.24) is 4.90 Å². The van der Waals surface area contributed by atoms with E-state index in [2.05, 4.69) is 47.4 Å².